The number of hydrogen-bond acceptors (Lipinski definition) is 2. The molecule has 2 heteroatoms. The second-order valence-electron chi connectivity index (χ2n) is 5.69. The smallest absolute Gasteiger partial charge is 0.119 e. The standard InChI is InChI=1S/C16H23NO/c1-12-7-3-6-10-15(12)17-11-18-16(13(17)2)14-8-4-5-9-14/h3,6-7,10,13-14,16H,4-5,8-9,11H2,1-2H3/t13-,16?/m0/s1/i11D/t11?,13-,16?. The molecule has 98 valence electrons. The number of hydrogen-bond donors (Lipinski definition) is 0. The van der Waals surface area contributed by atoms with Gasteiger partial charge in [0.25, 0.3) is 0 Å². The molecule has 1 aliphatic heterocycles. The van der Waals surface area contributed by atoms with Crippen LogP contribution in [0, 0.1) is 12.8 Å². The summed E-state index contributed by atoms with van der Waals surface area (Å²) in [5.74, 6) is 0.650. The summed E-state index contributed by atoms with van der Waals surface area (Å²) in [6.07, 6.45) is 5.41. The molecule has 1 aromatic carbocycles. The summed E-state index contributed by atoms with van der Waals surface area (Å²) < 4.78 is 14.2. The van der Waals surface area contributed by atoms with Crippen molar-refractivity contribution in [2.24, 2.45) is 5.92 Å². The van der Waals surface area contributed by atoms with Gasteiger partial charge in [-0.15, -0.1) is 0 Å². The molecule has 0 spiro atoms. The van der Waals surface area contributed by atoms with Crippen LogP contribution in [0.5, 0.6) is 0 Å². The van der Waals surface area contributed by atoms with Crippen LogP contribution in [0.3, 0.4) is 0 Å². The van der Waals surface area contributed by atoms with Crippen molar-refractivity contribution in [3.63, 3.8) is 0 Å². The van der Waals surface area contributed by atoms with E-state index in [0.717, 1.165) is 5.69 Å². The minimum atomic E-state index is -0.554. The van der Waals surface area contributed by atoms with E-state index in [9.17, 15) is 0 Å². The van der Waals surface area contributed by atoms with Crippen LogP contribution in [-0.2, 0) is 4.74 Å². The highest BCUT2D eigenvalue weighted by Crippen LogP contribution is 2.37. The predicted octanol–water partition coefficient (Wildman–Crippen LogP) is 3.74. The van der Waals surface area contributed by atoms with E-state index in [1.807, 2.05) is 12.1 Å². The summed E-state index contributed by atoms with van der Waals surface area (Å²) in [4.78, 5) is 2.14. The SMILES string of the molecule is [2H]C1OC(C2CCCC2)[C@H](C)N1c1ccccc1C. The Morgan fingerprint density at radius 1 is 1.28 bits per heavy atom. The van der Waals surface area contributed by atoms with Crippen molar-refractivity contribution in [3.8, 4) is 0 Å². The lowest BCUT2D eigenvalue weighted by molar-refractivity contribution is 0.0599. The van der Waals surface area contributed by atoms with E-state index in [1.54, 1.807) is 0 Å². The van der Waals surface area contributed by atoms with Crippen LogP contribution in [0.2, 0.25) is 0 Å². The summed E-state index contributed by atoms with van der Waals surface area (Å²) in [5.41, 5.74) is 2.37. The first kappa shape index (κ1) is 10.9. The van der Waals surface area contributed by atoms with Gasteiger partial charge in [0, 0.05) is 5.69 Å². The van der Waals surface area contributed by atoms with E-state index in [4.69, 9.17) is 6.11 Å². The highest BCUT2D eigenvalue weighted by atomic mass is 16.5. The Balaban J connectivity index is 1.84. The minimum absolute atomic E-state index is 0.226. The van der Waals surface area contributed by atoms with E-state index in [2.05, 4.69) is 30.9 Å². The Hall–Kier alpha value is -1.02. The van der Waals surface area contributed by atoms with Crippen LogP contribution in [-0.4, -0.2) is 18.9 Å². The predicted molar refractivity (Wildman–Crippen MR) is 74.8 cm³/mol. The van der Waals surface area contributed by atoms with Crippen molar-refractivity contribution in [3.05, 3.63) is 29.8 Å². The molecule has 3 atom stereocenters. The van der Waals surface area contributed by atoms with Crippen molar-refractivity contribution in [2.75, 3.05) is 11.6 Å². The molecule has 0 amide bonds. The molecule has 18 heavy (non-hydrogen) atoms. The number of aryl methyl sites for hydroxylation is 1. The zero-order valence-corrected chi connectivity index (χ0v) is 11.3. The molecule has 0 aromatic heterocycles. The van der Waals surface area contributed by atoms with Gasteiger partial charge >= 0.3 is 0 Å². The first-order valence-electron chi connectivity index (χ1n) is 7.68. The molecular weight excluding hydrogens is 222 g/mol. The fraction of sp³-hybridized carbons (Fsp3) is 0.625. The van der Waals surface area contributed by atoms with Crippen LogP contribution >= 0.6 is 0 Å². The van der Waals surface area contributed by atoms with Gasteiger partial charge in [0.1, 0.15) is 6.71 Å². The van der Waals surface area contributed by atoms with Crippen molar-refractivity contribution in [2.45, 2.75) is 51.7 Å². The van der Waals surface area contributed by atoms with Crippen LogP contribution in [0.1, 0.15) is 39.5 Å². The average Bonchev–Trinajstić information content (AvgIpc) is 3.00. The Labute approximate surface area is 111 Å². The third-order valence-electron chi connectivity index (χ3n) is 4.50. The van der Waals surface area contributed by atoms with Gasteiger partial charge in [-0.2, -0.15) is 0 Å². The van der Waals surface area contributed by atoms with Gasteiger partial charge in [-0.05, 0) is 44.2 Å². The molecule has 1 heterocycles. The third-order valence-corrected chi connectivity index (χ3v) is 4.50. The highest BCUT2D eigenvalue weighted by molar-refractivity contribution is 5.54. The van der Waals surface area contributed by atoms with Gasteiger partial charge in [0.05, 0.1) is 13.5 Å². The Morgan fingerprint density at radius 3 is 2.72 bits per heavy atom. The minimum Gasteiger partial charge on any atom is -0.355 e. The van der Waals surface area contributed by atoms with Crippen LogP contribution in [0.4, 0.5) is 5.69 Å². The quantitative estimate of drug-likeness (QED) is 0.788. The molecule has 1 aliphatic carbocycles. The van der Waals surface area contributed by atoms with Crippen molar-refractivity contribution in [1.29, 1.82) is 0 Å². The summed E-state index contributed by atoms with van der Waals surface area (Å²) in [6, 6.07) is 8.61. The number of rotatable bonds is 2. The summed E-state index contributed by atoms with van der Waals surface area (Å²) in [6.45, 7) is 3.77. The molecule has 2 aliphatic rings. The number of ether oxygens (including phenoxy) is 1. The second kappa shape index (κ2) is 4.93. The summed E-state index contributed by atoms with van der Waals surface area (Å²) >= 11 is 0. The van der Waals surface area contributed by atoms with Crippen LogP contribution < -0.4 is 4.90 Å². The van der Waals surface area contributed by atoms with E-state index in [-0.39, 0.29) is 6.10 Å². The largest absolute Gasteiger partial charge is 0.355 e. The lowest BCUT2D eigenvalue weighted by Crippen LogP contribution is -2.36. The molecule has 2 nitrogen and oxygen atoms in total. The lowest BCUT2D eigenvalue weighted by atomic mass is 9.95. The number of anilines is 1. The fourth-order valence-electron chi connectivity index (χ4n) is 3.42. The van der Waals surface area contributed by atoms with Gasteiger partial charge in [-0.3, -0.25) is 0 Å². The van der Waals surface area contributed by atoms with Crippen molar-refractivity contribution in [1.82, 2.24) is 0 Å². The molecule has 1 saturated heterocycles. The summed E-state index contributed by atoms with van der Waals surface area (Å²) in [7, 11) is 0. The van der Waals surface area contributed by atoms with E-state index in [1.165, 1.54) is 31.2 Å². The number of nitrogens with zero attached hydrogens (tertiary/aromatic N) is 1. The zero-order valence-electron chi connectivity index (χ0n) is 12.3. The van der Waals surface area contributed by atoms with Gasteiger partial charge in [-0.25, -0.2) is 0 Å². The molecule has 2 unspecified atom stereocenters. The lowest BCUT2D eigenvalue weighted by Gasteiger charge is -2.27. The van der Waals surface area contributed by atoms with E-state index in [0.29, 0.717) is 12.0 Å². The first-order valence-corrected chi connectivity index (χ1v) is 7.10. The Bertz CT molecular complexity index is 444. The molecule has 0 N–H and O–H groups in total. The van der Waals surface area contributed by atoms with Crippen LogP contribution in [0.25, 0.3) is 0 Å². The number of para-hydroxylation sites is 1. The Morgan fingerprint density at radius 2 is 2.00 bits per heavy atom. The molecule has 2 fully saturated rings. The third kappa shape index (κ3) is 2.03. The van der Waals surface area contributed by atoms with E-state index < -0.39 is 6.71 Å². The van der Waals surface area contributed by atoms with Crippen LogP contribution in [0.15, 0.2) is 24.3 Å². The molecule has 0 bridgehead atoms. The second-order valence-corrected chi connectivity index (χ2v) is 5.69. The highest BCUT2D eigenvalue weighted by Gasteiger charge is 2.38. The van der Waals surface area contributed by atoms with Crippen molar-refractivity contribution < 1.29 is 6.11 Å². The zero-order chi connectivity index (χ0) is 13.4. The molecule has 1 aromatic rings. The monoisotopic (exact) mass is 246 g/mol. The Kier molecular flexibility index (Phi) is 2.97. The maximum atomic E-state index is 8.25. The molecule has 0 radical (unpaired) electrons. The average molecular weight is 246 g/mol. The maximum Gasteiger partial charge on any atom is 0.119 e. The molecule has 3 rings (SSSR count). The molecule has 1 saturated carbocycles. The van der Waals surface area contributed by atoms with Gasteiger partial charge in [-0.1, -0.05) is 31.0 Å². The first-order chi connectivity index (χ1) is 9.18. The van der Waals surface area contributed by atoms with Gasteiger partial charge in [0.15, 0.2) is 0 Å². The molecular formula is C16H23NO. The normalized spacial score (nSPS) is 34.0. The maximum absolute atomic E-state index is 8.25. The topological polar surface area (TPSA) is 12.5 Å². The fourth-order valence-corrected chi connectivity index (χ4v) is 3.42. The van der Waals surface area contributed by atoms with Gasteiger partial charge < -0.3 is 9.64 Å². The summed E-state index contributed by atoms with van der Waals surface area (Å²) in [5, 5.41) is 0. The van der Waals surface area contributed by atoms with E-state index >= 15 is 0 Å². The van der Waals surface area contributed by atoms with Gasteiger partial charge in [0.2, 0.25) is 0 Å². The number of benzene rings is 1. The van der Waals surface area contributed by atoms with Crippen molar-refractivity contribution >= 4 is 5.69 Å².